The van der Waals surface area contributed by atoms with Crippen LogP contribution in [0.25, 0.3) is 49.2 Å². The van der Waals surface area contributed by atoms with Gasteiger partial charge >= 0.3 is 0 Å². The van der Waals surface area contributed by atoms with E-state index in [1.54, 1.807) is 6.07 Å². The molecule has 0 bridgehead atoms. The summed E-state index contributed by atoms with van der Waals surface area (Å²) in [5.74, 6) is 0. The third-order valence-corrected chi connectivity index (χ3v) is 5.85. The third kappa shape index (κ3) is 2.07. The molecule has 0 saturated heterocycles. The molecule has 0 N–H and O–H groups in total. The summed E-state index contributed by atoms with van der Waals surface area (Å²) in [4.78, 5) is 0. The fourth-order valence-corrected chi connectivity index (χ4v) is 4.86. The van der Waals surface area contributed by atoms with Crippen LogP contribution in [0, 0.1) is 0 Å². The van der Waals surface area contributed by atoms with Crippen molar-refractivity contribution in [2.45, 2.75) is 0 Å². The molecule has 2 aromatic heterocycles. The van der Waals surface area contributed by atoms with Gasteiger partial charge in [-0.05, 0) is 47.5 Å². The van der Waals surface area contributed by atoms with Crippen molar-refractivity contribution in [3.63, 3.8) is 0 Å². The molecule has 0 aliphatic carbocycles. The number of aromatic nitrogens is 1. The van der Waals surface area contributed by atoms with E-state index in [2.05, 4.69) is 65.1 Å². The predicted molar refractivity (Wildman–Crippen MR) is 117 cm³/mol. The van der Waals surface area contributed by atoms with Crippen LogP contribution < -0.4 is 0 Å². The molecule has 6 aromatic rings. The zero-order valence-electron chi connectivity index (χ0n) is 14.2. The summed E-state index contributed by atoms with van der Waals surface area (Å²) in [5.41, 5.74) is 5.90. The van der Waals surface area contributed by atoms with E-state index in [0.717, 1.165) is 11.1 Å². The van der Waals surface area contributed by atoms with Gasteiger partial charge in [-0.25, -0.2) is 0 Å². The molecule has 0 saturated carbocycles. The summed E-state index contributed by atoms with van der Waals surface area (Å²) in [6.45, 7) is 0. The van der Waals surface area contributed by atoms with Gasteiger partial charge in [0.1, 0.15) is 0 Å². The molecule has 3 heteroatoms. The highest BCUT2D eigenvalue weighted by molar-refractivity contribution is 6.35. The first-order chi connectivity index (χ1) is 13.2. The summed E-state index contributed by atoms with van der Waals surface area (Å²) >= 11 is 12.4. The highest BCUT2D eigenvalue weighted by Gasteiger charge is 2.17. The first-order valence-electron chi connectivity index (χ1n) is 8.84. The zero-order valence-corrected chi connectivity index (χ0v) is 15.7. The Bertz CT molecular complexity index is 1470. The van der Waals surface area contributed by atoms with Crippen molar-refractivity contribution in [1.29, 1.82) is 0 Å². The van der Waals surface area contributed by atoms with Gasteiger partial charge in [-0.15, -0.1) is 0 Å². The Hall–Kier alpha value is -2.74. The SMILES string of the molecule is Clc1cc(Cl)cc(-c2ccc3c(c2)c2cccc4c5ccccc5n3c42)c1. The Morgan fingerprint density at radius 2 is 1.19 bits per heavy atom. The van der Waals surface area contributed by atoms with Crippen molar-refractivity contribution >= 4 is 61.3 Å². The predicted octanol–water partition coefficient (Wildman–Crippen LogP) is 7.81. The van der Waals surface area contributed by atoms with Crippen LogP contribution in [0.3, 0.4) is 0 Å². The van der Waals surface area contributed by atoms with Gasteiger partial charge in [-0.3, -0.25) is 0 Å². The van der Waals surface area contributed by atoms with E-state index >= 15 is 0 Å². The van der Waals surface area contributed by atoms with Crippen molar-refractivity contribution in [3.05, 3.63) is 88.9 Å². The molecule has 0 atom stereocenters. The molecule has 6 rings (SSSR count). The standard InChI is InChI=1S/C24H13Cl2N/c25-16-10-15(11-17(26)13-16)14-8-9-23-21(12-14)20-6-3-5-19-18-4-1-2-7-22(18)27(23)24(19)20/h1-13H. The Morgan fingerprint density at radius 3 is 2.00 bits per heavy atom. The molecule has 2 heterocycles. The molecule has 27 heavy (non-hydrogen) atoms. The minimum Gasteiger partial charge on any atom is -0.308 e. The fraction of sp³-hybridized carbons (Fsp3) is 0. The lowest BCUT2D eigenvalue weighted by atomic mass is 10.0. The van der Waals surface area contributed by atoms with Crippen LogP contribution in [0.15, 0.2) is 78.9 Å². The van der Waals surface area contributed by atoms with Gasteiger partial charge in [0.15, 0.2) is 0 Å². The van der Waals surface area contributed by atoms with E-state index in [9.17, 15) is 0 Å². The largest absolute Gasteiger partial charge is 0.308 e. The second-order valence-corrected chi connectivity index (χ2v) is 7.82. The molecule has 0 aliphatic heterocycles. The van der Waals surface area contributed by atoms with Crippen molar-refractivity contribution < 1.29 is 0 Å². The van der Waals surface area contributed by atoms with E-state index in [-0.39, 0.29) is 0 Å². The van der Waals surface area contributed by atoms with Crippen molar-refractivity contribution in [2.24, 2.45) is 0 Å². The Labute approximate surface area is 165 Å². The average Bonchev–Trinajstić information content (AvgIpc) is 3.19. The van der Waals surface area contributed by atoms with Gasteiger partial charge in [-0.2, -0.15) is 0 Å². The molecule has 4 aromatic carbocycles. The second kappa shape index (κ2) is 5.39. The van der Waals surface area contributed by atoms with Gasteiger partial charge < -0.3 is 4.40 Å². The van der Waals surface area contributed by atoms with Crippen molar-refractivity contribution in [2.75, 3.05) is 0 Å². The summed E-state index contributed by atoms with van der Waals surface area (Å²) in [6, 6.07) is 27.4. The Balaban J connectivity index is 1.76. The number of para-hydroxylation sites is 2. The Morgan fingerprint density at radius 1 is 0.519 bits per heavy atom. The lowest BCUT2D eigenvalue weighted by Crippen LogP contribution is -1.82. The molecular weight excluding hydrogens is 373 g/mol. The molecule has 0 amide bonds. The van der Waals surface area contributed by atoms with Crippen molar-refractivity contribution in [3.8, 4) is 11.1 Å². The summed E-state index contributed by atoms with van der Waals surface area (Å²) < 4.78 is 2.38. The maximum absolute atomic E-state index is 6.21. The molecular formula is C24H13Cl2N. The van der Waals surface area contributed by atoms with Crippen LogP contribution in [0.4, 0.5) is 0 Å². The number of rotatable bonds is 1. The zero-order chi connectivity index (χ0) is 18.1. The van der Waals surface area contributed by atoms with Crippen LogP contribution in [-0.2, 0) is 0 Å². The first-order valence-corrected chi connectivity index (χ1v) is 9.60. The van der Waals surface area contributed by atoms with Crippen LogP contribution in [0.5, 0.6) is 0 Å². The monoisotopic (exact) mass is 385 g/mol. The van der Waals surface area contributed by atoms with Crippen LogP contribution in [0.2, 0.25) is 10.0 Å². The molecule has 0 radical (unpaired) electrons. The number of benzene rings is 4. The van der Waals surface area contributed by atoms with Gasteiger partial charge in [0.05, 0.1) is 16.6 Å². The maximum Gasteiger partial charge on any atom is 0.0620 e. The number of hydrogen-bond donors (Lipinski definition) is 0. The quantitative estimate of drug-likeness (QED) is 0.271. The number of nitrogens with zero attached hydrogens (tertiary/aromatic N) is 1. The van der Waals surface area contributed by atoms with E-state index in [0.29, 0.717) is 10.0 Å². The first kappa shape index (κ1) is 15.3. The van der Waals surface area contributed by atoms with Crippen molar-refractivity contribution in [1.82, 2.24) is 4.40 Å². The van der Waals surface area contributed by atoms with Crippen LogP contribution in [-0.4, -0.2) is 4.40 Å². The second-order valence-electron chi connectivity index (χ2n) is 6.94. The molecule has 0 unspecified atom stereocenters. The lowest BCUT2D eigenvalue weighted by Gasteiger charge is -2.05. The number of halogens is 2. The molecule has 1 nitrogen and oxygen atoms in total. The number of hydrogen-bond acceptors (Lipinski definition) is 0. The lowest BCUT2D eigenvalue weighted by molar-refractivity contribution is 1.37. The van der Waals surface area contributed by atoms with Gasteiger partial charge in [-0.1, -0.05) is 65.7 Å². The van der Waals surface area contributed by atoms with E-state index < -0.39 is 0 Å². The van der Waals surface area contributed by atoms with Crippen LogP contribution >= 0.6 is 23.2 Å². The fourth-order valence-electron chi connectivity index (χ4n) is 4.33. The molecule has 128 valence electrons. The molecule has 0 fully saturated rings. The normalized spacial score (nSPS) is 12.1. The summed E-state index contributed by atoms with van der Waals surface area (Å²) in [5, 5.41) is 6.41. The van der Waals surface area contributed by atoms with E-state index in [1.165, 1.54) is 38.1 Å². The smallest absolute Gasteiger partial charge is 0.0620 e. The third-order valence-electron chi connectivity index (χ3n) is 5.42. The van der Waals surface area contributed by atoms with Crippen LogP contribution in [0.1, 0.15) is 0 Å². The molecule has 0 aliphatic rings. The summed E-state index contributed by atoms with van der Waals surface area (Å²) in [7, 11) is 0. The van der Waals surface area contributed by atoms with Gasteiger partial charge in [0.25, 0.3) is 0 Å². The summed E-state index contributed by atoms with van der Waals surface area (Å²) in [6.07, 6.45) is 0. The highest BCUT2D eigenvalue weighted by atomic mass is 35.5. The number of fused-ring (bicyclic) bond motifs is 6. The van der Waals surface area contributed by atoms with Gasteiger partial charge in [0, 0.05) is 31.6 Å². The van der Waals surface area contributed by atoms with Gasteiger partial charge in [0.2, 0.25) is 0 Å². The van der Waals surface area contributed by atoms with E-state index in [1.807, 2.05) is 12.1 Å². The Kier molecular flexibility index (Phi) is 3.06. The molecule has 0 spiro atoms. The average molecular weight is 386 g/mol. The minimum atomic E-state index is 0.650. The maximum atomic E-state index is 6.21. The minimum absolute atomic E-state index is 0.650. The van der Waals surface area contributed by atoms with E-state index in [4.69, 9.17) is 23.2 Å². The topological polar surface area (TPSA) is 4.41 Å². The highest BCUT2D eigenvalue weighted by Crippen LogP contribution is 2.40.